The van der Waals surface area contributed by atoms with Crippen molar-refractivity contribution in [2.75, 3.05) is 7.11 Å². The number of aliphatic carboxylic acids is 1. The number of carbonyl (C=O) groups excluding carboxylic acids is 2. The van der Waals surface area contributed by atoms with Gasteiger partial charge in [-0.3, -0.25) is 0 Å². The summed E-state index contributed by atoms with van der Waals surface area (Å²) in [6, 6.07) is 7.54. The van der Waals surface area contributed by atoms with E-state index in [-0.39, 0.29) is 6.61 Å². The first-order valence-corrected chi connectivity index (χ1v) is 5.99. The Morgan fingerprint density at radius 2 is 1.95 bits per heavy atom. The number of carboxylic acid groups (broad SMARTS) is 1. The van der Waals surface area contributed by atoms with E-state index in [1.807, 2.05) is 6.07 Å². The van der Waals surface area contributed by atoms with Crippen molar-refractivity contribution in [1.82, 2.24) is 5.32 Å². The Balaban J connectivity index is 2.51. The number of ether oxygens (including phenoxy) is 2. The molecule has 0 aliphatic rings. The van der Waals surface area contributed by atoms with Crippen LogP contribution in [0, 0.1) is 0 Å². The molecular formula is C14H15NO6. The van der Waals surface area contributed by atoms with Gasteiger partial charge < -0.3 is 19.9 Å². The van der Waals surface area contributed by atoms with Crippen LogP contribution in [0.2, 0.25) is 0 Å². The molecule has 112 valence electrons. The first-order valence-electron chi connectivity index (χ1n) is 5.99. The van der Waals surface area contributed by atoms with Crippen LogP contribution in [0.15, 0.2) is 42.5 Å². The summed E-state index contributed by atoms with van der Waals surface area (Å²) >= 11 is 0. The largest absolute Gasteiger partial charge is 0.479 e. The highest BCUT2D eigenvalue weighted by atomic mass is 16.5. The zero-order chi connectivity index (χ0) is 15.7. The van der Waals surface area contributed by atoms with Crippen LogP contribution in [-0.4, -0.2) is 36.3 Å². The van der Waals surface area contributed by atoms with Crippen molar-refractivity contribution in [3.8, 4) is 0 Å². The van der Waals surface area contributed by atoms with Gasteiger partial charge in [0.25, 0.3) is 0 Å². The number of nitrogens with one attached hydrogen (secondary N) is 1. The molecule has 1 rings (SSSR count). The molecule has 1 aromatic rings. The maximum Gasteiger partial charge on any atom is 0.408 e. The summed E-state index contributed by atoms with van der Waals surface area (Å²) in [5.41, 5.74) is 0.768. The SMILES string of the molecule is COC(=O)/C=C\[C@H](NC(=O)OCc1ccccc1)C(=O)O. The Labute approximate surface area is 121 Å². The average molecular weight is 293 g/mol. The van der Waals surface area contributed by atoms with Gasteiger partial charge in [0, 0.05) is 6.08 Å². The quantitative estimate of drug-likeness (QED) is 0.601. The number of esters is 1. The maximum absolute atomic E-state index is 11.5. The molecule has 21 heavy (non-hydrogen) atoms. The van der Waals surface area contributed by atoms with E-state index in [2.05, 4.69) is 10.1 Å². The van der Waals surface area contributed by atoms with E-state index >= 15 is 0 Å². The van der Waals surface area contributed by atoms with E-state index in [0.717, 1.165) is 24.8 Å². The van der Waals surface area contributed by atoms with Gasteiger partial charge in [0.05, 0.1) is 7.11 Å². The summed E-state index contributed by atoms with van der Waals surface area (Å²) in [6.45, 7) is 0.0136. The lowest BCUT2D eigenvalue weighted by Gasteiger charge is -2.11. The smallest absolute Gasteiger partial charge is 0.408 e. The number of hydrogen-bond donors (Lipinski definition) is 2. The van der Waals surface area contributed by atoms with Crippen molar-refractivity contribution in [3.63, 3.8) is 0 Å². The van der Waals surface area contributed by atoms with Gasteiger partial charge in [0.15, 0.2) is 0 Å². The lowest BCUT2D eigenvalue weighted by molar-refractivity contribution is -0.138. The molecule has 0 saturated heterocycles. The van der Waals surface area contributed by atoms with E-state index in [4.69, 9.17) is 9.84 Å². The number of carbonyl (C=O) groups is 3. The van der Waals surface area contributed by atoms with Crippen LogP contribution in [-0.2, 0) is 25.7 Å². The minimum absolute atomic E-state index is 0.0136. The average Bonchev–Trinajstić information content (AvgIpc) is 2.49. The molecule has 1 aromatic carbocycles. The van der Waals surface area contributed by atoms with Gasteiger partial charge >= 0.3 is 18.0 Å². The predicted molar refractivity (Wildman–Crippen MR) is 72.3 cm³/mol. The Hall–Kier alpha value is -2.83. The molecule has 0 radical (unpaired) electrons. The third-order valence-corrected chi connectivity index (χ3v) is 2.38. The second-order valence-corrected chi connectivity index (χ2v) is 3.90. The van der Waals surface area contributed by atoms with Crippen LogP contribution < -0.4 is 5.32 Å². The van der Waals surface area contributed by atoms with Gasteiger partial charge in [-0.15, -0.1) is 0 Å². The molecule has 0 saturated carbocycles. The standard InChI is InChI=1S/C14H15NO6/c1-20-12(16)8-7-11(13(17)18)15-14(19)21-9-10-5-3-2-4-6-10/h2-8,11H,9H2,1H3,(H,15,19)(H,17,18)/b8-7-/t11-/m0/s1. The van der Waals surface area contributed by atoms with E-state index in [1.54, 1.807) is 24.3 Å². The Kier molecular flexibility index (Phi) is 6.46. The first-order chi connectivity index (χ1) is 10.0. The number of amides is 1. The summed E-state index contributed by atoms with van der Waals surface area (Å²) in [5, 5.41) is 11.0. The molecule has 0 aliphatic carbocycles. The van der Waals surface area contributed by atoms with Crippen molar-refractivity contribution >= 4 is 18.0 Å². The van der Waals surface area contributed by atoms with Crippen molar-refractivity contribution in [2.45, 2.75) is 12.6 Å². The van der Waals surface area contributed by atoms with Crippen molar-refractivity contribution in [1.29, 1.82) is 0 Å². The lowest BCUT2D eigenvalue weighted by atomic mass is 10.2. The van der Waals surface area contributed by atoms with Gasteiger partial charge in [-0.25, -0.2) is 14.4 Å². The molecule has 0 heterocycles. The number of carboxylic acids is 1. The van der Waals surface area contributed by atoms with Gasteiger partial charge in [-0.1, -0.05) is 30.3 Å². The highest BCUT2D eigenvalue weighted by molar-refractivity contribution is 5.86. The third kappa shape index (κ3) is 6.24. The molecule has 0 spiro atoms. The minimum atomic E-state index is -1.38. The molecule has 2 N–H and O–H groups in total. The minimum Gasteiger partial charge on any atom is -0.479 e. The van der Waals surface area contributed by atoms with Crippen LogP contribution in [0.5, 0.6) is 0 Å². The van der Waals surface area contributed by atoms with E-state index < -0.39 is 24.1 Å². The molecule has 0 fully saturated rings. The second kappa shape index (κ2) is 8.36. The van der Waals surface area contributed by atoms with Crippen molar-refractivity contribution in [2.24, 2.45) is 0 Å². The lowest BCUT2D eigenvalue weighted by Crippen LogP contribution is -2.39. The molecule has 0 aromatic heterocycles. The first kappa shape index (κ1) is 16.2. The zero-order valence-corrected chi connectivity index (χ0v) is 11.3. The van der Waals surface area contributed by atoms with E-state index in [0.29, 0.717) is 0 Å². The van der Waals surface area contributed by atoms with Crippen molar-refractivity contribution in [3.05, 3.63) is 48.0 Å². The van der Waals surface area contributed by atoms with Crippen LogP contribution in [0.25, 0.3) is 0 Å². The highest BCUT2D eigenvalue weighted by Crippen LogP contribution is 2.01. The number of hydrogen-bond acceptors (Lipinski definition) is 5. The Morgan fingerprint density at radius 3 is 2.52 bits per heavy atom. The Morgan fingerprint density at radius 1 is 1.29 bits per heavy atom. The van der Waals surface area contributed by atoms with Crippen LogP contribution in [0.3, 0.4) is 0 Å². The van der Waals surface area contributed by atoms with Gasteiger partial charge in [-0.2, -0.15) is 0 Å². The van der Waals surface area contributed by atoms with Crippen LogP contribution in [0.1, 0.15) is 5.56 Å². The number of rotatable bonds is 6. The zero-order valence-electron chi connectivity index (χ0n) is 11.3. The highest BCUT2D eigenvalue weighted by Gasteiger charge is 2.18. The molecule has 1 atom stereocenters. The van der Waals surface area contributed by atoms with Crippen molar-refractivity contribution < 1.29 is 29.0 Å². The maximum atomic E-state index is 11.5. The summed E-state index contributed by atoms with van der Waals surface area (Å²) in [6.07, 6.45) is 1.01. The fourth-order valence-electron chi connectivity index (χ4n) is 1.33. The van der Waals surface area contributed by atoms with Gasteiger partial charge in [-0.05, 0) is 11.6 Å². The molecule has 0 unspecified atom stereocenters. The molecule has 0 aliphatic heterocycles. The third-order valence-electron chi connectivity index (χ3n) is 2.38. The van der Waals surface area contributed by atoms with Gasteiger partial charge in [0.2, 0.25) is 0 Å². The van der Waals surface area contributed by atoms with Crippen LogP contribution >= 0.6 is 0 Å². The van der Waals surface area contributed by atoms with Gasteiger partial charge in [0.1, 0.15) is 12.6 Å². The molecular weight excluding hydrogens is 278 g/mol. The topological polar surface area (TPSA) is 102 Å². The summed E-state index contributed by atoms with van der Waals surface area (Å²) in [4.78, 5) is 33.3. The summed E-state index contributed by atoms with van der Waals surface area (Å²) in [5.74, 6) is -2.05. The number of methoxy groups -OCH3 is 1. The summed E-state index contributed by atoms with van der Waals surface area (Å²) in [7, 11) is 1.16. The molecule has 7 nitrogen and oxygen atoms in total. The number of alkyl carbamates (subject to hydrolysis) is 1. The molecule has 7 heteroatoms. The van der Waals surface area contributed by atoms with E-state index in [9.17, 15) is 14.4 Å². The van der Waals surface area contributed by atoms with E-state index in [1.165, 1.54) is 0 Å². The predicted octanol–water partition coefficient (Wildman–Crippen LogP) is 1.10. The molecule has 0 bridgehead atoms. The fraction of sp³-hybridized carbons (Fsp3) is 0.214. The van der Waals surface area contributed by atoms with Crippen LogP contribution in [0.4, 0.5) is 4.79 Å². The number of benzene rings is 1. The monoisotopic (exact) mass is 293 g/mol. The normalized spacial score (nSPS) is 11.7. The summed E-state index contributed by atoms with van der Waals surface area (Å²) < 4.78 is 9.21. The fourth-order valence-corrected chi connectivity index (χ4v) is 1.33. The molecule has 1 amide bonds. The second-order valence-electron chi connectivity index (χ2n) is 3.90. The Bertz CT molecular complexity index is 526.